The zero-order chi connectivity index (χ0) is 15.4. The van der Waals surface area contributed by atoms with Crippen molar-refractivity contribution >= 4 is 10.9 Å². The van der Waals surface area contributed by atoms with Gasteiger partial charge in [-0.25, -0.2) is 4.98 Å². The fourth-order valence-corrected chi connectivity index (χ4v) is 2.32. The normalized spacial score (nSPS) is 10.8. The lowest BCUT2D eigenvalue weighted by molar-refractivity contribution is 0.300. The maximum absolute atomic E-state index is 12.3. The molecule has 0 aliphatic heterocycles. The van der Waals surface area contributed by atoms with Crippen LogP contribution in [0, 0.1) is 6.92 Å². The minimum absolute atomic E-state index is 0.000867. The molecule has 22 heavy (non-hydrogen) atoms. The standard InChI is InChI=1S/C18H18N2O2/c1-14-7-9-15(10-8-14)22-12-4-11-20-13-19-17-6-3-2-5-16(17)18(20)21/h2-3,5-10,13H,4,11-12H2,1H3. The second kappa shape index (κ2) is 6.43. The van der Waals surface area contributed by atoms with Crippen molar-refractivity contribution in [1.82, 2.24) is 9.55 Å². The number of hydrogen-bond acceptors (Lipinski definition) is 3. The topological polar surface area (TPSA) is 44.1 Å². The molecule has 1 aromatic heterocycles. The number of fused-ring (bicyclic) bond motifs is 1. The molecule has 3 rings (SSSR count). The van der Waals surface area contributed by atoms with Crippen LogP contribution in [0.4, 0.5) is 0 Å². The van der Waals surface area contributed by atoms with Crippen LogP contribution in [0.15, 0.2) is 59.7 Å². The van der Waals surface area contributed by atoms with Crippen LogP contribution in [0.5, 0.6) is 5.75 Å². The van der Waals surface area contributed by atoms with Crippen LogP contribution in [-0.2, 0) is 6.54 Å². The van der Waals surface area contributed by atoms with Gasteiger partial charge in [0.2, 0.25) is 0 Å². The molecule has 0 amide bonds. The first kappa shape index (κ1) is 14.3. The highest BCUT2D eigenvalue weighted by atomic mass is 16.5. The molecule has 3 aromatic rings. The molecule has 0 N–H and O–H groups in total. The number of para-hydroxylation sites is 1. The maximum Gasteiger partial charge on any atom is 0.261 e. The van der Waals surface area contributed by atoms with Gasteiger partial charge in [0.1, 0.15) is 5.75 Å². The number of rotatable bonds is 5. The lowest BCUT2D eigenvalue weighted by Crippen LogP contribution is -2.21. The van der Waals surface area contributed by atoms with Gasteiger partial charge in [-0.05, 0) is 37.6 Å². The van der Waals surface area contributed by atoms with E-state index in [-0.39, 0.29) is 5.56 Å². The largest absolute Gasteiger partial charge is 0.494 e. The highest BCUT2D eigenvalue weighted by Crippen LogP contribution is 2.11. The highest BCUT2D eigenvalue weighted by Gasteiger charge is 2.03. The first-order valence-corrected chi connectivity index (χ1v) is 7.38. The molecule has 0 atom stereocenters. The van der Waals surface area contributed by atoms with E-state index in [0.717, 1.165) is 17.7 Å². The van der Waals surface area contributed by atoms with Gasteiger partial charge < -0.3 is 4.74 Å². The van der Waals surface area contributed by atoms with Crippen molar-refractivity contribution in [2.75, 3.05) is 6.61 Å². The number of aryl methyl sites for hydroxylation is 2. The molecule has 112 valence electrons. The molecule has 0 fully saturated rings. The van der Waals surface area contributed by atoms with Crippen LogP contribution in [-0.4, -0.2) is 16.2 Å². The summed E-state index contributed by atoms with van der Waals surface area (Å²) in [7, 11) is 0. The molecule has 4 nitrogen and oxygen atoms in total. The van der Waals surface area contributed by atoms with Crippen LogP contribution in [0.25, 0.3) is 10.9 Å². The first-order valence-electron chi connectivity index (χ1n) is 7.38. The van der Waals surface area contributed by atoms with E-state index in [4.69, 9.17) is 4.74 Å². The Morgan fingerprint density at radius 1 is 1.09 bits per heavy atom. The second-order valence-electron chi connectivity index (χ2n) is 5.28. The third-order valence-corrected chi connectivity index (χ3v) is 3.56. The van der Waals surface area contributed by atoms with E-state index < -0.39 is 0 Å². The van der Waals surface area contributed by atoms with Crippen LogP contribution < -0.4 is 10.3 Å². The van der Waals surface area contributed by atoms with Gasteiger partial charge in [0.15, 0.2) is 0 Å². The summed E-state index contributed by atoms with van der Waals surface area (Å²) in [6.45, 7) is 3.22. The van der Waals surface area contributed by atoms with E-state index in [0.29, 0.717) is 18.5 Å². The Labute approximate surface area is 129 Å². The smallest absolute Gasteiger partial charge is 0.261 e. The monoisotopic (exact) mass is 294 g/mol. The fourth-order valence-electron chi connectivity index (χ4n) is 2.32. The van der Waals surface area contributed by atoms with Crippen molar-refractivity contribution in [3.8, 4) is 5.75 Å². The molecule has 0 aliphatic carbocycles. The summed E-state index contributed by atoms with van der Waals surface area (Å²) in [6, 6.07) is 15.4. The van der Waals surface area contributed by atoms with Crippen molar-refractivity contribution in [1.29, 1.82) is 0 Å². The van der Waals surface area contributed by atoms with Crippen LogP contribution >= 0.6 is 0 Å². The van der Waals surface area contributed by atoms with Crippen molar-refractivity contribution in [2.45, 2.75) is 19.9 Å². The summed E-state index contributed by atoms with van der Waals surface area (Å²) in [6.07, 6.45) is 2.37. The van der Waals surface area contributed by atoms with Crippen molar-refractivity contribution in [3.05, 3.63) is 70.8 Å². The lowest BCUT2D eigenvalue weighted by atomic mass is 10.2. The van der Waals surface area contributed by atoms with Crippen molar-refractivity contribution in [2.24, 2.45) is 0 Å². The van der Waals surface area contributed by atoms with Gasteiger partial charge in [0.25, 0.3) is 5.56 Å². The lowest BCUT2D eigenvalue weighted by Gasteiger charge is -2.08. The zero-order valence-corrected chi connectivity index (χ0v) is 12.5. The van der Waals surface area contributed by atoms with Gasteiger partial charge in [0.05, 0.1) is 23.8 Å². The van der Waals surface area contributed by atoms with Crippen molar-refractivity contribution < 1.29 is 4.74 Å². The summed E-state index contributed by atoms with van der Waals surface area (Å²) in [5, 5.41) is 0.657. The molecular weight excluding hydrogens is 276 g/mol. The van der Waals surface area contributed by atoms with Gasteiger partial charge in [-0.1, -0.05) is 29.8 Å². The average Bonchev–Trinajstić information content (AvgIpc) is 2.55. The third kappa shape index (κ3) is 3.17. The Morgan fingerprint density at radius 2 is 1.86 bits per heavy atom. The Kier molecular flexibility index (Phi) is 4.19. The molecule has 0 radical (unpaired) electrons. The molecule has 0 saturated heterocycles. The van der Waals surface area contributed by atoms with Gasteiger partial charge in [0, 0.05) is 6.54 Å². The van der Waals surface area contributed by atoms with E-state index in [1.165, 1.54) is 5.56 Å². The van der Waals surface area contributed by atoms with Crippen molar-refractivity contribution in [3.63, 3.8) is 0 Å². The number of ether oxygens (including phenoxy) is 1. The fraction of sp³-hybridized carbons (Fsp3) is 0.222. The maximum atomic E-state index is 12.3. The number of aromatic nitrogens is 2. The quantitative estimate of drug-likeness (QED) is 0.679. The summed E-state index contributed by atoms with van der Waals surface area (Å²) in [5.74, 6) is 0.856. The Morgan fingerprint density at radius 3 is 2.68 bits per heavy atom. The van der Waals surface area contributed by atoms with E-state index in [2.05, 4.69) is 4.98 Å². The number of benzene rings is 2. The van der Waals surface area contributed by atoms with E-state index in [9.17, 15) is 4.79 Å². The van der Waals surface area contributed by atoms with Gasteiger partial charge in [-0.3, -0.25) is 9.36 Å². The molecule has 2 aromatic carbocycles. The van der Waals surface area contributed by atoms with Crippen LogP contribution in [0.3, 0.4) is 0 Å². The minimum Gasteiger partial charge on any atom is -0.494 e. The van der Waals surface area contributed by atoms with Crippen LogP contribution in [0.1, 0.15) is 12.0 Å². The Bertz CT molecular complexity index is 822. The van der Waals surface area contributed by atoms with Gasteiger partial charge in [-0.15, -0.1) is 0 Å². The molecule has 1 heterocycles. The number of hydrogen-bond donors (Lipinski definition) is 0. The SMILES string of the molecule is Cc1ccc(OCCCn2cnc3ccccc3c2=O)cc1. The summed E-state index contributed by atoms with van der Waals surface area (Å²) >= 11 is 0. The van der Waals surface area contributed by atoms with Gasteiger partial charge in [-0.2, -0.15) is 0 Å². The predicted molar refractivity (Wildman–Crippen MR) is 87.3 cm³/mol. The minimum atomic E-state index is 0.000867. The Balaban J connectivity index is 1.61. The van der Waals surface area contributed by atoms with Gasteiger partial charge >= 0.3 is 0 Å². The Hall–Kier alpha value is -2.62. The number of nitrogens with zero attached hydrogens (tertiary/aromatic N) is 2. The third-order valence-electron chi connectivity index (χ3n) is 3.56. The summed E-state index contributed by atoms with van der Waals surface area (Å²) in [4.78, 5) is 16.6. The van der Waals surface area contributed by atoms with Crippen LogP contribution in [0.2, 0.25) is 0 Å². The molecule has 0 saturated carbocycles. The van der Waals surface area contributed by atoms with E-state index >= 15 is 0 Å². The molecule has 0 spiro atoms. The molecule has 4 heteroatoms. The molecular formula is C18H18N2O2. The predicted octanol–water partition coefficient (Wildman–Crippen LogP) is 3.17. The molecule has 0 bridgehead atoms. The first-order chi connectivity index (χ1) is 10.7. The van der Waals surface area contributed by atoms with E-state index in [1.54, 1.807) is 10.9 Å². The second-order valence-corrected chi connectivity index (χ2v) is 5.28. The average molecular weight is 294 g/mol. The van der Waals surface area contributed by atoms with E-state index in [1.807, 2.05) is 55.5 Å². The summed E-state index contributed by atoms with van der Waals surface area (Å²) in [5.41, 5.74) is 1.95. The molecule has 0 aliphatic rings. The highest BCUT2D eigenvalue weighted by molar-refractivity contribution is 5.76. The zero-order valence-electron chi connectivity index (χ0n) is 12.5. The summed E-state index contributed by atoms with van der Waals surface area (Å²) < 4.78 is 7.31. The molecule has 0 unspecified atom stereocenters.